The number of nitrogens with one attached hydrogen (secondary N) is 2. The van der Waals surface area contributed by atoms with E-state index >= 15 is 0 Å². The van der Waals surface area contributed by atoms with E-state index in [0.29, 0.717) is 11.3 Å². The Morgan fingerprint density at radius 2 is 1.63 bits per heavy atom. The predicted octanol–water partition coefficient (Wildman–Crippen LogP) is 4.96. The van der Waals surface area contributed by atoms with Crippen LogP contribution in [0.3, 0.4) is 0 Å². The summed E-state index contributed by atoms with van der Waals surface area (Å²) in [5.41, 5.74) is 0.956. The van der Waals surface area contributed by atoms with Crippen LogP contribution >= 0.6 is 0 Å². The van der Waals surface area contributed by atoms with Crippen molar-refractivity contribution < 1.29 is 26.4 Å². The van der Waals surface area contributed by atoms with Crippen molar-refractivity contribution in [2.24, 2.45) is 0 Å². The Labute approximate surface area is 172 Å². The number of carbonyl (C=O) groups is 1. The predicted molar refractivity (Wildman–Crippen MR) is 111 cm³/mol. The lowest BCUT2D eigenvalue weighted by atomic mass is 10.0. The average molecular weight is 436 g/mol. The standard InChI is InChI=1S/C21H19F3N2O3S/c1-30(28,29)26-19-13-16-7-3-2-6-15(16)12-18(19)20(27)25-17-8-4-5-14(11-17)9-10-21(22,23)24/h2-8,11-13,26H,9-10H2,1H3,(H,25,27). The fourth-order valence-corrected chi connectivity index (χ4v) is 3.57. The quantitative estimate of drug-likeness (QED) is 0.574. The van der Waals surface area contributed by atoms with Crippen LogP contribution in [0.1, 0.15) is 22.3 Å². The topological polar surface area (TPSA) is 75.3 Å². The van der Waals surface area contributed by atoms with Crippen molar-refractivity contribution in [1.29, 1.82) is 0 Å². The molecule has 0 aromatic heterocycles. The third-order valence-corrected chi connectivity index (χ3v) is 4.90. The first kappa shape index (κ1) is 21.6. The maximum Gasteiger partial charge on any atom is 0.389 e. The number of alkyl halides is 3. The van der Waals surface area contributed by atoms with E-state index in [1.165, 1.54) is 6.07 Å². The molecule has 0 aliphatic rings. The van der Waals surface area contributed by atoms with Gasteiger partial charge in [-0.15, -0.1) is 0 Å². The molecule has 1 amide bonds. The summed E-state index contributed by atoms with van der Waals surface area (Å²) in [6, 6.07) is 16.4. The highest BCUT2D eigenvalue weighted by molar-refractivity contribution is 7.92. The normalized spacial score (nSPS) is 12.0. The summed E-state index contributed by atoms with van der Waals surface area (Å²) >= 11 is 0. The van der Waals surface area contributed by atoms with E-state index < -0.39 is 28.5 Å². The van der Waals surface area contributed by atoms with E-state index in [-0.39, 0.29) is 17.7 Å². The van der Waals surface area contributed by atoms with Gasteiger partial charge in [0.25, 0.3) is 5.91 Å². The number of sulfonamides is 1. The molecule has 0 bridgehead atoms. The summed E-state index contributed by atoms with van der Waals surface area (Å²) in [5, 5.41) is 4.11. The van der Waals surface area contributed by atoms with E-state index in [2.05, 4.69) is 10.0 Å². The molecule has 0 spiro atoms. The first-order valence-electron chi connectivity index (χ1n) is 8.98. The molecule has 5 nitrogen and oxygen atoms in total. The summed E-state index contributed by atoms with van der Waals surface area (Å²) in [5.74, 6) is -0.583. The highest BCUT2D eigenvalue weighted by atomic mass is 32.2. The number of anilines is 2. The third kappa shape index (κ3) is 5.96. The molecule has 0 atom stereocenters. The zero-order chi connectivity index (χ0) is 21.9. The molecule has 0 unspecified atom stereocenters. The smallest absolute Gasteiger partial charge is 0.322 e. The van der Waals surface area contributed by atoms with Crippen LogP contribution in [0.2, 0.25) is 0 Å². The van der Waals surface area contributed by atoms with E-state index in [1.807, 2.05) is 0 Å². The number of amides is 1. The number of hydrogen-bond acceptors (Lipinski definition) is 3. The first-order valence-corrected chi connectivity index (χ1v) is 10.9. The Bertz CT molecular complexity index is 1190. The van der Waals surface area contributed by atoms with Crippen molar-refractivity contribution in [2.75, 3.05) is 16.3 Å². The lowest BCUT2D eigenvalue weighted by molar-refractivity contribution is -0.134. The molecule has 0 saturated heterocycles. The van der Waals surface area contributed by atoms with Gasteiger partial charge in [0, 0.05) is 12.1 Å². The van der Waals surface area contributed by atoms with Gasteiger partial charge in [-0.1, -0.05) is 36.4 Å². The molecule has 0 radical (unpaired) electrons. The molecule has 3 aromatic carbocycles. The Balaban J connectivity index is 1.90. The van der Waals surface area contributed by atoms with Crippen LogP contribution in [0.25, 0.3) is 10.8 Å². The van der Waals surface area contributed by atoms with Gasteiger partial charge in [0.1, 0.15) is 0 Å². The van der Waals surface area contributed by atoms with Gasteiger partial charge in [-0.05, 0) is 47.0 Å². The van der Waals surface area contributed by atoms with Crippen molar-refractivity contribution in [3.63, 3.8) is 0 Å². The molecule has 0 aliphatic heterocycles. The van der Waals surface area contributed by atoms with E-state index in [4.69, 9.17) is 0 Å². The van der Waals surface area contributed by atoms with Gasteiger partial charge in [-0.25, -0.2) is 8.42 Å². The summed E-state index contributed by atoms with van der Waals surface area (Å²) in [4.78, 5) is 12.9. The second-order valence-corrected chi connectivity index (χ2v) is 8.64. The SMILES string of the molecule is CS(=O)(=O)Nc1cc2ccccc2cc1C(=O)Nc1cccc(CCC(F)(F)F)c1. The third-order valence-electron chi connectivity index (χ3n) is 4.31. The minimum atomic E-state index is -4.27. The lowest BCUT2D eigenvalue weighted by Gasteiger charge is -2.14. The number of benzene rings is 3. The van der Waals surface area contributed by atoms with Gasteiger partial charge in [0.2, 0.25) is 10.0 Å². The van der Waals surface area contributed by atoms with Crippen LogP contribution in [0.5, 0.6) is 0 Å². The maximum atomic E-state index is 12.9. The molecule has 2 N–H and O–H groups in total. The molecule has 0 heterocycles. The Morgan fingerprint density at radius 3 is 2.27 bits per heavy atom. The van der Waals surface area contributed by atoms with Crippen molar-refractivity contribution in [3.8, 4) is 0 Å². The summed E-state index contributed by atoms with van der Waals surface area (Å²) in [6.07, 6.45) is -4.45. The first-order chi connectivity index (χ1) is 14.0. The number of halogens is 3. The molecule has 0 saturated carbocycles. The highest BCUT2D eigenvalue weighted by Gasteiger charge is 2.26. The zero-order valence-electron chi connectivity index (χ0n) is 16.0. The molecular formula is C21H19F3N2O3S. The van der Waals surface area contributed by atoms with Crippen LogP contribution in [0, 0.1) is 0 Å². The van der Waals surface area contributed by atoms with E-state index in [9.17, 15) is 26.4 Å². The van der Waals surface area contributed by atoms with Crippen LogP contribution < -0.4 is 10.0 Å². The van der Waals surface area contributed by atoms with E-state index in [1.54, 1.807) is 54.6 Å². The van der Waals surface area contributed by atoms with Gasteiger partial charge >= 0.3 is 6.18 Å². The number of fused-ring (bicyclic) bond motifs is 1. The largest absolute Gasteiger partial charge is 0.389 e. The van der Waals surface area contributed by atoms with Crippen molar-refractivity contribution in [3.05, 3.63) is 71.8 Å². The van der Waals surface area contributed by atoms with Gasteiger partial charge in [-0.2, -0.15) is 13.2 Å². The molecule has 0 fully saturated rings. The van der Waals surface area contributed by atoms with E-state index in [0.717, 1.165) is 17.0 Å². The Hall–Kier alpha value is -3.07. The van der Waals surface area contributed by atoms with Crippen molar-refractivity contribution in [1.82, 2.24) is 0 Å². The van der Waals surface area contributed by atoms with Crippen LogP contribution in [-0.4, -0.2) is 26.8 Å². The van der Waals surface area contributed by atoms with Gasteiger partial charge in [0.15, 0.2) is 0 Å². The number of rotatable bonds is 6. The van der Waals surface area contributed by atoms with Gasteiger partial charge < -0.3 is 5.32 Å². The minimum absolute atomic E-state index is 0.0971. The van der Waals surface area contributed by atoms with Crippen LogP contribution in [0.15, 0.2) is 60.7 Å². The Kier molecular flexibility index (Phi) is 6.02. The summed E-state index contributed by atoms with van der Waals surface area (Å²) in [6.45, 7) is 0. The minimum Gasteiger partial charge on any atom is -0.322 e. The molecule has 158 valence electrons. The fourth-order valence-electron chi connectivity index (χ4n) is 3.00. The monoisotopic (exact) mass is 436 g/mol. The second kappa shape index (κ2) is 8.35. The Morgan fingerprint density at radius 1 is 0.967 bits per heavy atom. The van der Waals surface area contributed by atoms with Crippen molar-refractivity contribution in [2.45, 2.75) is 19.0 Å². The second-order valence-electron chi connectivity index (χ2n) is 6.89. The molecular weight excluding hydrogens is 417 g/mol. The summed E-state index contributed by atoms with van der Waals surface area (Å²) in [7, 11) is -3.64. The van der Waals surface area contributed by atoms with Crippen LogP contribution in [0.4, 0.5) is 24.5 Å². The molecule has 9 heteroatoms. The van der Waals surface area contributed by atoms with Gasteiger partial charge in [-0.3, -0.25) is 9.52 Å². The zero-order valence-corrected chi connectivity index (χ0v) is 16.8. The summed E-state index contributed by atoms with van der Waals surface area (Å²) < 4.78 is 63.2. The highest BCUT2D eigenvalue weighted by Crippen LogP contribution is 2.27. The number of aryl methyl sites for hydroxylation is 1. The number of hydrogen-bond donors (Lipinski definition) is 2. The molecule has 0 aliphatic carbocycles. The number of carbonyl (C=O) groups excluding carboxylic acids is 1. The fraction of sp³-hybridized carbons (Fsp3) is 0.190. The lowest BCUT2D eigenvalue weighted by Crippen LogP contribution is -2.17. The maximum absolute atomic E-state index is 12.9. The van der Waals surface area contributed by atoms with Gasteiger partial charge in [0.05, 0.1) is 17.5 Å². The average Bonchev–Trinajstić information content (AvgIpc) is 2.64. The molecule has 3 aromatic rings. The van der Waals surface area contributed by atoms with Crippen molar-refractivity contribution >= 4 is 38.1 Å². The molecule has 3 rings (SSSR count). The van der Waals surface area contributed by atoms with Crippen LogP contribution in [-0.2, 0) is 16.4 Å². The molecule has 30 heavy (non-hydrogen) atoms.